The van der Waals surface area contributed by atoms with Crippen molar-refractivity contribution in [2.75, 3.05) is 6.61 Å². The van der Waals surface area contributed by atoms with Crippen LogP contribution in [0.1, 0.15) is 11.7 Å². The van der Waals surface area contributed by atoms with Crippen LogP contribution in [0.4, 0.5) is 0 Å². The molecule has 0 aromatic carbocycles. The molecule has 0 amide bonds. The van der Waals surface area contributed by atoms with Gasteiger partial charge in [0.05, 0.1) is 12.2 Å². The Morgan fingerprint density at radius 1 is 1.45 bits per heavy atom. The first kappa shape index (κ1) is 18.1. The van der Waals surface area contributed by atoms with E-state index in [1.807, 2.05) is 0 Å². The number of H-pyrrole nitrogens is 1. The van der Waals surface area contributed by atoms with Gasteiger partial charge < -0.3 is 24.0 Å². The Kier molecular flexibility index (Phi) is 5.51. The third kappa shape index (κ3) is 3.98. The van der Waals surface area contributed by atoms with Gasteiger partial charge >= 0.3 is 5.69 Å². The first-order chi connectivity index (χ1) is 10.1. The smallest absolute Gasteiger partial charge is 0.328 e. The van der Waals surface area contributed by atoms with Crippen LogP contribution >= 0.6 is 27.5 Å². The summed E-state index contributed by atoms with van der Waals surface area (Å²) in [4.78, 5) is 22.3. The molecule has 4 atom stereocenters. The summed E-state index contributed by atoms with van der Waals surface area (Å²) in [5.41, 5.74) is -1.31. The lowest BCUT2D eigenvalue weighted by atomic mass is 10.0. The molecule has 1 fully saturated rings. The summed E-state index contributed by atoms with van der Waals surface area (Å²) in [5.74, 6) is 0. The lowest BCUT2D eigenvalue weighted by Gasteiger charge is -2.16. The highest BCUT2D eigenvalue weighted by atomic mass is 35.9. The van der Waals surface area contributed by atoms with Gasteiger partial charge in [0.2, 0.25) is 4.97 Å². The Morgan fingerprint density at radius 2 is 2.09 bits per heavy atom. The average molecular weight is 391 g/mol. The minimum absolute atomic E-state index is 0.00679. The van der Waals surface area contributed by atoms with Gasteiger partial charge in [0, 0.05) is 13.2 Å². The van der Waals surface area contributed by atoms with Crippen molar-refractivity contribution in [2.45, 2.75) is 24.4 Å². The third-order valence-corrected chi connectivity index (χ3v) is 4.55. The van der Waals surface area contributed by atoms with E-state index in [0.717, 1.165) is 4.57 Å². The number of aryl methyl sites for hydroxylation is 1. The van der Waals surface area contributed by atoms with Crippen LogP contribution in [0.3, 0.4) is 0 Å². The quantitative estimate of drug-likeness (QED) is 0.617. The Hall–Kier alpha value is -0.250. The molecule has 12 heteroatoms. The van der Waals surface area contributed by atoms with Crippen LogP contribution in [0.2, 0.25) is 0 Å². The number of ether oxygens (including phenoxy) is 1. The number of nitrogens with one attached hydrogen (secondary N) is 1. The van der Waals surface area contributed by atoms with Crippen LogP contribution in [0.15, 0.2) is 15.8 Å². The monoisotopic (exact) mass is 390 g/mol. The van der Waals surface area contributed by atoms with Crippen LogP contribution in [-0.2, 0) is 28.1 Å². The number of rotatable bonds is 4. The standard InChI is InChI=1S/C10H13Cl2N2O6PS/c1-14-2-4(9(17)13-10(14)18)8-7(16)6(15)5(20-8)3-19-21(11,12)22/h2,5-8,15-16H,3H2,1H3,(H,13,17,18)/t5-,6+,7?,8+/m1/s1. The summed E-state index contributed by atoms with van der Waals surface area (Å²) in [5, 5.41) is 20.0. The molecule has 8 nitrogen and oxygen atoms in total. The summed E-state index contributed by atoms with van der Waals surface area (Å²) in [7, 11) is 1.43. The Morgan fingerprint density at radius 3 is 2.68 bits per heavy atom. The molecule has 1 unspecified atom stereocenters. The molecule has 1 saturated heterocycles. The van der Waals surface area contributed by atoms with E-state index < -0.39 is 40.6 Å². The second kappa shape index (κ2) is 6.70. The van der Waals surface area contributed by atoms with Crippen molar-refractivity contribution >= 4 is 39.3 Å². The van der Waals surface area contributed by atoms with Crippen LogP contribution in [-0.4, -0.2) is 44.7 Å². The van der Waals surface area contributed by atoms with E-state index in [0.29, 0.717) is 0 Å². The summed E-state index contributed by atoms with van der Waals surface area (Å²) in [6.07, 6.45) is -3.55. The van der Waals surface area contributed by atoms with Crippen LogP contribution in [0, 0.1) is 0 Å². The minimum atomic E-state index is -2.99. The van der Waals surface area contributed by atoms with Gasteiger partial charge in [-0.3, -0.25) is 9.78 Å². The first-order valence-corrected chi connectivity index (χ1v) is 10.6. The maximum Gasteiger partial charge on any atom is 0.328 e. The Bertz CT molecular complexity index is 718. The minimum Gasteiger partial charge on any atom is -0.387 e. The third-order valence-electron chi connectivity index (χ3n) is 3.19. The molecular formula is C10H13Cl2N2O6PS. The van der Waals surface area contributed by atoms with E-state index in [-0.39, 0.29) is 12.2 Å². The van der Waals surface area contributed by atoms with E-state index in [2.05, 4.69) is 16.8 Å². The van der Waals surface area contributed by atoms with Gasteiger partial charge in [0.1, 0.15) is 24.4 Å². The molecule has 1 aromatic rings. The fraction of sp³-hybridized carbons (Fsp3) is 0.600. The van der Waals surface area contributed by atoms with Crippen LogP contribution < -0.4 is 11.2 Å². The lowest BCUT2D eigenvalue weighted by molar-refractivity contribution is -0.0147. The van der Waals surface area contributed by atoms with E-state index in [9.17, 15) is 19.8 Å². The van der Waals surface area contributed by atoms with Crippen molar-refractivity contribution in [3.63, 3.8) is 0 Å². The molecule has 1 aromatic heterocycles. The number of nitrogens with zero attached hydrogens (tertiary/aromatic N) is 1. The van der Waals surface area contributed by atoms with Gasteiger partial charge in [0.25, 0.3) is 5.56 Å². The van der Waals surface area contributed by atoms with Gasteiger partial charge in [-0.05, 0) is 34.3 Å². The number of hydrogen-bond acceptors (Lipinski definition) is 7. The van der Waals surface area contributed by atoms with E-state index in [4.69, 9.17) is 31.7 Å². The van der Waals surface area contributed by atoms with Gasteiger partial charge in [-0.25, -0.2) is 4.79 Å². The topological polar surface area (TPSA) is 114 Å². The summed E-state index contributed by atoms with van der Waals surface area (Å²) >= 11 is 15.9. The van der Waals surface area contributed by atoms with Crippen molar-refractivity contribution in [1.29, 1.82) is 0 Å². The molecule has 1 aliphatic rings. The summed E-state index contributed by atoms with van der Waals surface area (Å²) < 4.78 is 11.6. The predicted octanol–water partition coefficient (Wildman–Crippen LogP) is -0.0460. The maximum absolute atomic E-state index is 11.8. The Balaban J connectivity index is 2.23. The zero-order valence-electron chi connectivity index (χ0n) is 11.2. The maximum atomic E-state index is 11.8. The molecule has 0 bridgehead atoms. The summed E-state index contributed by atoms with van der Waals surface area (Å²) in [6.45, 7) is -0.233. The highest BCUT2D eigenvalue weighted by Crippen LogP contribution is 2.58. The van der Waals surface area contributed by atoms with Crippen molar-refractivity contribution in [3.8, 4) is 0 Å². The molecule has 2 rings (SSSR count). The van der Waals surface area contributed by atoms with Gasteiger partial charge in [-0.1, -0.05) is 0 Å². The zero-order chi connectivity index (χ0) is 16.7. The van der Waals surface area contributed by atoms with Crippen molar-refractivity contribution < 1.29 is 19.5 Å². The SMILES string of the molecule is Cn1cc([C@@H]2O[C@H](COP(=S)(Cl)Cl)[C@H](O)C2O)c(=O)[nH]c1=O. The molecule has 0 spiro atoms. The van der Waals surface area contributed by atoms with E-state index >= 15 is 0 Å². The average Bonchev–Trinajstić information content (AvgIpc) is 2.68. The molecular weight excluding hydrogens is 378 g/mol. The molecule has 2 heterocycles. The number of hydrogen-bond donors (Lipinski definition) is 3. The number of halogens is 2. The van der Waals surface area contributed by atoms with Gasteiger partial charge in [-0.15, -0.1) is 0 Å². The lowest BCUT2D eigenvalue weighted by Crippen LogP contribution is -2.35. The van der Waals surface area contributed by atoms with E-state index in [1.165, 1.54) is 13.2 Å². The Labute approximate surface area is 139 Å². The number of aromatic amines is 1. The van der Waals surface area contributed by atoms with Crippen molar-refractivity contribution in [2.24, 2.45) is 7.05 Å². The fourth-order valence-electron chi connectivity index (χ4n) is 2.09. The number of aliphatic hydroxyl groups excluding tert-OH is 2. The molecule has 0 radical (unpaired) electrons. The number of aliphatic hydroxyl groups is 2. The molecule has 1 aliphatic heterocycles. The largest absolute Gasteiger partial charge is 0.387 e. The summed E-state index contributed by atoms with van der Waals surface area (Å²) in [6, 6.07) is 0. The van der Waals surface area contributed by atoms with Crippen molar-refractivity contribution in [3.05, 3.63) is 32.6 Å². The van der Waals surface area contributed by atoms with Crippen LogP contribution in [0.25, 0.3) is 0 Å². The highest BCUT2D eigenvalue weighted by Gasteiger charge is 2.45. The molecule has 22 heavy (non-hydrogen) atoms. The molecule has 0 aliphatic carbocycles. The molecule has 124 valence electrons. The molecule has 0 saturated carbocycles. The van der Waals surface area contributed by atoms with Crippen molar-refractivity contribution in [1.82, 2.24) is 9.55 Å². The highest BCUT2D eigenvalue weighted by molar-refractivity contribution is 8.36. The van der Waals surface area contributed by atoms with Crippen LogP contribution in [0.5, 0.6) is 0 Å². The number of aromatic nitrogens is 2. The molecule has 3 N–H and O–H groups in total. The second-order valence-corrected chi connectivity index (χ2v) is 11.9. The second-order valence-electron chi connectivity index (χ2n) is 4.74. The zero-order valence-corrected chi connectivity index (χ0v) is 14.4. The first-order valence-electron chi connectivity index (χ1n) is 6.05. The fourth-order valence-corrected chi connectivity index (χ4v) is 2.93. The normalized spacial score (nSPS) is 29.0. The van der Waals surface area contributed by atoms with E-state index in [1.54, 1.807) is 0 Å². The van der Waals surface area contributed by atoms with Gasteiger partial charge in [0.15, 0.2) is 0 Å². The van der Waals surface area contributed by atoms with Gasteiger partial charge in [-0.2, -0.15) is 0 Å². The predicted molar refractivity (Wildman–Crippen MR) is 83.9 cm³/mol.